The van der Waals surface area contributed by atoms with Crippen LogP contribution in [-0.4, -0.2) is 79.6 Å². The fourth-order valence-electron chi connectivity index (χ4n) is 4.28. The van der Waals surface area contributed by atoms with E-state index in [1.807, 2.05) is 9.80 Å². The maximum absolute atomic E-state index is 13.1. The van der Waals surface area contributed by atoms with Gasteiger partial charge in [0.1, 0.15) is 11.6 Å². The SMILES string of the molecule is O=C(CCN1CCN(c2ncc(C(F)(F)F)cc2Cl)CC1)N1CCN(c2ccc(F)cc2)CC1. The highest BCUT2D eigenvalue weighted by Crippen LogP contribution is 2.33. The summed E-state index contributed by atoms with van der Waals surface area (Å²) in [6.45, 7) is 5.78. The summed E-state index contributed by atoms with van der Waals surface area (Å²) < 4.78 is 51.6. The summed E-state index contributed by atoms with van der Waals surface area (Å²) >= 11 is 6.06. The molecule has 4 rings (SSSR count). The number of rotatable bonds is 5. The van der Waals surface area contributed by atoms with Crippen LogP contribution < -0.4 is 9.80 Å². The molecular weight excluding hydrogens is 474 g/mol. The molecule has 2 aliphatic rings. The average molecular weight is 500 g/mol. The van der Waals surface area contributed by atoms with Crippen LogP contribution in [0.2, 0.25) is 5.02 Å². The van der Waals surface area contributed by atoms with Gasteiger partial charge in [-0.25, -0.2) is 9.37 Å². The Hall–Kier alpha value is -2.59. The van der Waals surface area contributed by atoms with Crippen LogP contribution in [0.5, 0.6) is 0 Å². The number of nitrogens with zero attached hydrogens (tertiary/aromatic N) is 5. The number of carbonyl (C=O) groups excluding carboxylic acids is 1. The van der Waals surface area contributed by atoms with E-state index < -0.39 is 11.7 Å². The van der Waals surface area contributed by atoms with Crippen LogP contribution in [0.15, 0.2) is 36.5 Å². The summed E-state index contributed by atoms with van der Waals surface area (Å²) in [4.78, 5) is 24.6. The molecule has 0 unspecified atom stereocenters. The van der Waals surface area contributed by atoms with E-state index >= 15 is 0 Å². The lowest BCUT2D eigenvalue weighted by Gasteiger charge is -2.37. The molecule has 0 saturated carbocycles. The number of hydrogen-bond donors (Lipinski definition) is 0. The average Bonchev–Trinajstić information content (AvgIpc) is 2.83. The van der Waals surface area contributed by atoms with Crippen molar-refractivity contribution in [2.75, 3.05) is 68.7 Å². The molecule has 0 N–H and O–H groups in total. The van der Waals surface area contributed by atoms with Crippen LogP contribution >= 0.6 is 11.6 Å². The zero-order valence-electron chi connectivity index (χ0n) is 18.6. The number of piperazine rings is 2. The van der Waals surface area contributed by atoms with E-state index in [4.69, 9.17) is 11.6 Å². The zero-order valence-corrected chi connectivity index (χ0v) is 19.3. The minimum atomic E-state index is -4.48. The first-order chi connectivity index (χ1) is 16.2. The third-order valence-electron chi connectivity index (χ3n) is 6.29. The molecule has 184 valence electrons. The lowest BCUT2D eigenvalue weighted by Crippen LogP contribution is -2.50. The number of amides is 1. The van der Waals surface area contributed by atoms with E-state index in [0.717, 1.165) is 18.0 Å². The summed E-state index contributed by atoms with van der Waals surface area (Å²) in [5, 5.41) is -0.0155. The predicted molar refractivity (Wildman–Crippen MR) is 123 cm³/mol. The van der Waals surface area contributed by atoms with Crippen LogP contribution in [0.3, 0.4) is 0 Å². The second kappa shape index (κ2) is 10.4. The van der Waals surface area contributed by atoms with Crippen molar-refractivity contribution in [3.05, 3.63) is 52.9 Å². The molecule has 2 aliphatic heterocycles. The van der Waals surface area contributed by atoms with E-state index in [1.165, 1.54) is 12.1 Å². The first-order valence-electron chi connectivity index (χ1n) is 11.2. The van der Waals surface area contributed by atoms with E-state index in [1.54, 1.807) is 12.1 Å². The van der Waals surface area contributed by atoms with E-state index in [-0.39, 0.29) is 16.7 Å². The standard InChI is InChI=1S/C23H26ClF4N5O/c24-20-15-17(23(26,27)28)16-29-22(20)33-9-7-30(8-10-33)6-5-21(34)32-13-11-31(12-14-32)19-3-1-18(25)2-4-19/h1-4,15-16H,5-14H2. The van der Waals surface area contributed by atoms with Crippen molar-refractivity contribution in [2.24, 2.45) is 0 Å². The molecule has 0 spiro atoms. The molecule has 0 radical (unpaired) electrons. The molecule has 3 heterocycles. The van der Waals surface area contributed by atoms with E-state index in [2.05, 4.69) is 14.8 Å². The van der Waals surface area contributed by atoms with Crippen LogP contribution in [0.4, 0.5) is 29.1 Å². The number of alkyl halides is 3. The fraction of sp³-hybridized carbons (Fsp3) is 0.478. The Bertz CT molecular complexity index is 988. The number of aromatic nitrogens is 1. The zero-order chi connectivity index (χ0) is 24.3. The van der Waals surface area contributed by atoms with Crippen LogP contribution in [0.25, 0.3) is 0 Å². The molecule has 11 heteroatoms. The molecule has 2 saturated heterocycles. The molecule has 1 aromatic carbocycles. The Labute approximate surface area is 200 Å². The second-order valence-electron chi connectivity index (χ2n) is 8.45. The van der Waals surface area contributed by atoms with Gasteiger partial charge in [0, 0.05) is 77.2 Å². The van der Waals surface area contributed by atoms with Gasteiger partial charge in [0.2, 0.25) is 5.91 Å². The third-order valence-corrected chi connectivity index (χ3v) is 6.57. The Morgan fingerprint density at radius 2 is 1.56 bits per heavy atom. The number of carbonyl (C=O) groups is 1. The summed E-state index contributed by atoms with van der Waals surface area (Å²) in [5.74, 6) is 0.190. The number of anilines is 2. The summed E-state index contributed by atoms with van der Waals surface area (Å²) in [6.07, 6.45) is -3.26. The van der Waals surface area contributed by atoms with Gasteiger partial charge < -0.3 is 14.7 Å². The van der Waals surface area contributed by atoms with Crippen molar-refractivity contribution in [1.29, 1.82) is 0 Å². The van der Waals surface area contributed by atoms with Gasteiger partial charge in [-0.15, -0.1) is 0 Å². The Morgan fingerprint density at radius 3 is 2.15 bits per heavy atom. The molecule has 2 aromatic rings. The largest absolute Gasteiger partial charge is 0.417 e. The Kier molecular flexibility index (Phi) is 7.47. The third kappa shape index (κ3) is 5.90. The van der Waals surface area contributed by atoms with Gasteiger partial charge in [0.15, 0.2) is 0 Å². The molecule has 6 nitrogen and oxygen atoms in total. The summed E-state index contributed by atoms with van der Waals surface area (Å²) in [7, 11) is 0. The highest BCUT2D eigenvalue weighted by Gasteiger charge is 2.32. The molecule has 34 heavy (non-hydrogen) atoms. The van der Waals surface area contributed by atoms with Gasteiger partial charge in [-0.3, -0.25) is 9.69 Å². The number of hydrogen-bond acceptors (Lipinski definition) is 5. The Morgan fingerprint density at radius 1 is 0.941 bits per heavy atom. The van der Waals surface area contributed by atoms with Crippen LogP contribution in [0, 0.1) is 5.82 Å². The highest BCUT2D eigenvalue weighted by molar-refractivity contribution is 6.33. The summed E-state index contributed by atoms with van der Waals surface area (Å²) in [5.41, 5.74) is 0.0888. The van der Waals surface area contributed by atoms with Crippen molar-refractivity contribution < 1.29 is 22.4 Å². The minimum Gasteiger partial charge on any atom is -0.368 e. The van der Waals surface area contributed by atoms with Gasteiger partial charge in [0.25, 0.3) is 0 Å². The van der Waals surface area contributed by atoms with Crippen molar-refractivity contribution in [3.8, 4) is 0 Å². The predicted octanol–water partition coefficient (Wildman–Crippen LogP) is 3.75. The van der Waals surface area contributed by atoms with E-state index in [9.17, 15) is 22.4 Å². The van der Waals surface area contributed by atoms with E-state index in [0.29, 0.717) is 71.1 Å². The first-order valence-corrected chi connectivity index (χ1v) is 11.6. The molecule has 2 fully saturated rings. The van der Waals surface area contributed by atoms with Gasteiger partial charge in [0.05, 0.1) is 10.6 Å². The van der Waals surface area contributed by atoms with Gasteiger partial charge in [-0.1, -0.05) is 11.6 Å². The van der Waals surface area contributed by atoms with Crippen molar-refractivity contribution in [3.63, 3.8) is 0 Å². The smallest absolute Gasteiger partial charge is 0.368 e. The first kappa shape index (κ1) is 24.5. The highest BCUT2D eigenvalue weighted by atomic mass is 35.5. The fourth-order valence-corrected chi connectivity index (χ4v) is 4.57. The topological polar surface area (TPSA) is 42.9 Å². The molecule has 0 atom stereocenters. The lowest BCUT2D eigenvalue weighted by atomic mass is 10.2. The number of pyridine rings is 1. The van der Waals surface area contributed by atoms with Crippen LogP contribution in [-0.2, 0) is 11.0 Å². The maximum atomic E-state index is 13.1. The lowest BCUT2D eigenvalue weighted by molar-refractivity contribution is -0.137. The van der Waals surface area contributed by atoms with Gasteiger partial charge >= 0.3 is 6.18 Å². The van der Waals surface area contributed by atoms with Crippen LogP contribution in [0.1, 0.15) is 12.0 Å². The maximum Gasteiger partial charge on any atom is 0.417 e. The minimum absolute atomic E-state index is 0.0155. The number of benzene rings is 1. The Balaban J connectivity index is 1.20. The molecule has 0 aliphatic carbocycles. The normalized spacial score (nSPS) is 17.9. The quantitative estimate of drug-likeness (QED) is 0.586. The van der Waals surface area contributed by atoms with Crippen molar-refractivity contribution in [1.82, 2.24) is 14.8 Å². The van der Waals surface area contributed by atoms with Gasteiger partial charge in [-0.2, -0.15) is 13.2 Å². The molecule has 0 bridgehead atoms. The van der Waals surface area contributed by atoms with Crippen molar-refractivity contribution in [2.45, 2.75) is 12.6 Å². The van der Waals surface area contributed by atoms with Crippen molar-refractivity contribution >= 4 is 29.0 Å². The molecule has 1 aromatic heterocycles. The molecule has 1 amide bonds. The number of halogens is 5. The molecular formula is C23H26ClF4N5O. The van der Waals surface area contributed by atoms with Gasteiger partial charge in [-0.05, 0) is 30.3 Å². The summed E-state index contributed by atoms with van der Waals surface area (Å²) in [6, 6.07) is 7.28. The second-order valence-corrected chi connectivity index (χ2v) is 8.86. The monoisotopic (exact) mass is 499 g/mol.